The highest BCUT2D eigenvalue weighted by molar-refractivity contribution is 8.00. The molecule has 1 amide bonds. The predicted molar refractivity (Wildman–Crippen MR) is 120 cm³/mol. The van der Waals surface area contributed by atoms with Crippen molar-refractivity contribution in [3.05, 3.63) is 50.7 Å². The lowest BCUT2D eigenvalue weighted by Crippen LogP contribution is -2.43. The van der Waals surface area contributed by atoms with Gasteiger partial charge in [0.05, 0.1) is 11.3 Å². The molecule has 0 aliphatic heterocycles. The molecule has 0 aliphatic rings. The Kier molecular flexibility index (Phi) is 8.22. The van der Waals surface area contributed by atoms with E-state index in [4.69, 9.17) is 5.73 Å². The molecule has 0 saturated carbocycles. The van der Waals surface area contributed by atoms with Crippen molar-refractivity contribution >= 4 is 29.2 Å². The summed E-state index contributed by atoms with van der Waals surface area (Å²) < 4.78 is 40.0. The standard InChI is InChI=1S/C21H27F3N4O3S/c1-12(2)9-27(17-18(25)28(10-13(3)4)20(31)26-19(17)30)16(29)11-32-15-7-5-6-14(8-15)21(22,23)24/h5-8,12-13H,9-11,25H2,1-4H3,(H,26,30,31). The summed E-state index contributed by atoms with van der Waals surface area (Å²) >= 11 is 0.926. The van der Waals surface area contributed by atoms with Gasteiger partial charge in [0.15, 0.2) is 5.69 Å². The number of anilines is 2. The van der Waals surface area contributed by atoms with Crippen LogP contribution >= 0.6 is 11.8 Å². The number of H-pyrrole nitrogens is 1. The van der Waals surface area contributed by atoms with E-state index in [0.29, 0.717) is 0 Å². The maximum Gasteiger partial charge on any atom is 0.416 e. The van der Waals surface area contributed by atoms with Crippen molar-refractivity contribution in [2.75, 3.05) is 22.9 Å². The molecule has 1 heterocycles. The Morgan fingerprint density at radius 1 is 1.19 bits per heavy atom. The minimum Gasteiger partial charge on any atom is -0.383 e. The van der Waals surface area contributed by atoms with Crippen molar-refractivity contribution in [1.82, 2.24) is 9.55 Å². The number of nitrogens with one attached hydrogen (secondary N) is 1. The van der Waals surface area contributed by atoms with Crippen molar-refractivity contribution in [2.24, 2.45) is 11.8 Å². The molecular formula is C21H27F3N4O3S. The molecule has 32 heavy (non-hydrogen) atoms. The lowest BCUT2D eigenvalue weighted by Gasteiger charge is -2.26. The lowest BCUT2D eigenvalue weighted by molar-refractivity contribution is -0.137. The molecule has 176 valence electrons. The van der Waals surface area contributed by atoms with Crippen LogP contribution in [0.15, 0.2) is 38.8 Å². The molecule has 0 saturated heterocycles. The van der Waals surface area contributed by atoms with Gasteiger partial charge >= 0.3 is 11.9 Å². The highest BCUT2D eigenvalue weighted by atomic mass is 32.2. The number of carbonyl (C=O) groups excluding carboxylic acids is 1. The number of nitrogens with zero attached hydrogens (tertiary/aromatic N) is 2. The number of benzene rings is 1. The van der Waals surface area contributed by atoms with E-state index in [1.807, 2.05) is 27.7 Å². The first-order valence-corrected chi connectivity index (χ1v) is 11.0. The van der Waals surface area contributed by atoms with Crippen molar-refractivity contribution in [1.29, 1.82) is 0 Å². The molecule has 0 spiro atoms. The van der Waals surface area contributed by atoms with Crippen molar-refractivity contribution < 1.29 is 18.0 Å². The Morgan fingerprint density at radius 2 is 1.84 bits per heavy atom. The maximum absolute atomic E-state index is 13.0. The van der Waals surface area contributed by atoms with Crippen LogP contribution in [-0.2, 0) is 17.5 Å². The van der Waals surface area contributed by atoms with Crippen LogP contribution in [0, 0.1) is 11.8 Å². The minimum absolute atomic E-state index is 0.0400. The van der Waals surface area contributed by atoms with Gasteiger partial charge in [0.1, 0.15) is 5.82 Å². The summed E-state index contributed by atoms with van der Waals surface area (Å²) in [6, 6.07) is 4.67. The molecule has 7 nitrogen and oxygen atoms in total. The average molecular weight is 473 g/mol. The maximum atomic E-state index is 13.0. The Labute approximate surface area is 187 Å². The number of amides is 1. The molecule has 0 unspecified atom stereocenters. The zero-order valence-corrected chi connectivity index (χ0v) is 19.1. The summed E-state index contributed by atoms with van der Waals surface area (Å²) in [5.74, 6) is -0.823. The van der Waals surface area contributed by atoms with Crippen LogP contribution in [0.5, 0.6) is 0 Å². The normalized spacial score (nSPS) is 11.9. The van der Waals surface area contributed by atoms with Gasteiger partial charge in [-0.25, -0.2) is 4.79 Å². The van der Waals surface area contributed by atoms with E-state index in [-0.39, 0.29) is 47.1 Å². The second-order valence-electron chi connectivity index (χ2n) is 8.21. The summed E-state index contributed by atoms with van der Waals surface area (Å²) in [6.45, 7) is 7.83. The lowest BCUT2D eigenvalue weighted by atomic mass is 10.2. The number of rotatable bonds is 8. The Morgan fingerprint density at radius 3 is 2.41 bits per heavy atom. The van der Waals surface area contributed by atoms with E-state index in [9.17, 15) is 27.6 Å². The molecular weight excluding hydrogens is 445 g/mol. The molecule has 3 N–H and O–H groups in total. The molecule has 0 fully saturated rings. The molecule has 2 aromatic rings. The summed E-state index contributed by atoms with van der Waals surface area (Å²) in [5, 5.41) is 0. The average Bonchev–Trinajstić information content (AvgIpc) is 2.67. The first kappa shape index (κ1) is 25.6. The molecule has 0 atom stereocenters. The third-order valence-electron chi connectivity index (χ3n) is 4.40. The van der Waals surface area contributed by atoms with Gasteiger partial charge < -0.3 is 10.6 Å². The van der Waals surface area contributed by atoms with Crippen LogP contribution in [0.1, 0.15) is 33.3 Å². The zero-order chi connectivity index (χ0) is 24.2. The highest BCUT2D eigenvalue weighted by Gasteiger charge is 2.30. The van der Waals surface area contributed by atoms with Gasteiger partial charge in [-0.3, -0.25) is 19.1 Å². The second-order valence-corrected chi connectivity index (χ2v) is 9.26. The van der Waals surface area contributed by atoms with Crippen LogP contribution in [0.3, 0.4) is 0 Å². The van der Waals surface area contributed by atoms with Gasteiger partial charge in [0, 0.05) is 18.0 Å². The van der Waals surface area contributed by atoms with Gasteiger partial charge in [0.2, 0.25) is 5.91 Å². The highest BCUT2D eigenvalue weighted by Crippen LogP contribution is 2.32. The van der Waals surface area contributed by atoms with Gasteiger partial charge in [-0.05, 0) is 30.0 Å². The summed E-state index contributed by atoms with van der Waals surface area (Å²) in [4.78, 5) is 41.5. The van der Waals surface area contributed by atoms with Crippen LogP contribution in [-0.4, -0.2) is 27.8 Å². The number of alkyl halides is 3. The summed E-state index contributed by atoms with van der Waals surface area (Å²) in [6.07, 6.45) is -4.49. The number of halogens is 3. The number of aromatic nitrogens is 2. The Hall–Kier alpha value is -2.69. The van der Waals surface area contributed by atoms with Crippen LogP contribution in [0.4, 0.5) is 24.7 Å². The van der Waals surface area contributed by atoms with E-state index >= 15 is 0 Å². The summed E-state index contributed by atoms with van der Waals surface area (Å²) in [5.41, 5.74) is 3.75. The third-order valence-corrected chi connectivity index (χ3v) is 5.38. The summed E-state index contributed by atoms with van der Waals surface area (Å²) in [7, 11) is 0. The number of thioether (sulfide) groups is 1. The van der Waals surface area contributed by atoms with E-state index in [1.54, 1.807) is 0 Å². The molecule has 1 aromatic carbocycles. The van der Waals surface area contributed by atoms with Gasteiger partial charge in [-0.2, -0.15) is 13.2 Å². The molecule has 0 bridgehead atoms. The van der Waals surface area contributed by atoms with Crippen molar-refractivity contribution in [3.8, 4) is 0 Å². The topological polar surface area (TPSA) is 101 Å². The molecule has 1 aromatic heterocycles. The van der Waals surface area contributed by atoms with Crippen LogP contribution in [0.25, 0.3) is 0 Å². The Balaban J connectivity index is 2.38. The third kappa shape index (κ3) is 6.41. The molecule has 0 aliphatic carbocycles. The number of nitrogen functional groups attached to an aromatic ring is 1. The largest absolute Gasteiger partial charge is 0.416 e. The fourth-order valence-electron chi connectivity index (χ4n) is 3.05. The van der Waals surface area contributed by atoms with Crippen LogP contribution in [0.2, 0.25) is 0 Å². The van der Waals surface area contributed by atoms with Crippen LogP contribution < -0.4 is 21.9 Å². The molecule has 0 radical (unpaired) electrons. The number of carbonyl (C=O) groups is 1. The van der Waals surface area contributed by atoms with Gasteiger partial charge in [-0.1, -0.05) is 33.8 Å². The predicted octanol–water partition coefficient (Wildman–Crippen LogP) is 3.57. The zero-order valence-electron chi connectivity index (χ0n) is 18.3. The van der Waals surface area contributed by atoms with E-state index < -0.39 is 28.9 Å². The van der Waals surface area contributed by atoms with E-state index in [2.05, 4.69) is 4.98 Å². The van der Waals surface area contributed by atoms with Crippen molar-refractivity contribution in [2.45, 2.75) is 45.3 Å². The van der Waals surface area contributed by atoms with E-state index in [1.165, 1.54) is 21.6 Å². The second kappa shape index (κ2) is 10.3. The smallest absolute Gasteiger partial charge is 0.383 e. The minimum atomic E-state index is -4.49. The SMILES string of the molecule is CC(C)CN(C(=O)CSc1cccc(C(F)(F)F)c1)c1c(N)n(CC(C)C)c(=O)[nH]c1=O. The number of hydrogen-bond donors (Lipinski definition) is 2. The van der Waals surface area contributed by atoms with E-state index in [0.717, 1.165) is 23.9 Å². The number of aromatic amines is 1. The molecule has 11 heteroatoms. The fraction of sp³-hybridized carbons (Fsp3) is 0.476. The number of hydrogen-bond acceptors (Lipinski definition) is 5. The Bertz CT molecular complexity index is 1080. The first-order valence-electron chi connectivity index (χ1n) is 10.0. The quantitative estimate of drug-likeness (QED) is 0.572. The molecule has 2 rings (SSSR count). The number of nitrogens with two attached hydrogens (primary N) is 1. The fourth-order valence-corrected chi connectivity index (χ4v) is 3.88. The first-order chi connectivity index (χ1) is 14.8. The van der Waals surface area contributed by atoms with Gasteiger partial charge in [0.25, 0.3) is 5.56 Å². The van der Waals surface area contributed by atoms with Crippen molar-refractivity contribution in [3.63, 3.8) is 0 Å². The van der Waals surface area contributed by atoms with Gasteiger partial charge in [-0.15, -0.1) is 11.8 Å². The monoisotopic (exact) mass is 472 g/mol.